The molecule has 0 amide bonds. The molecule has 0 radical (unpaired) electrons. The third kappa shape index (κ3) is 2.09. The molecule has 0 aliphatic carbocycles. The van der Waals surface area contributed by atoms with Crippen LogP contribution in [-0.2, 0) is 4.74 Å². The summed E-state index contributed by atoms with van der Waals surface area (Å²) in [5.41, 5.74) is 1.29. The van der Waals surface area contributed by atoms with Gasteiger partial charge in [0.15, 0.2) is 6.10 Å². The van der Waals surface area contributed by atoms with Crippen molar-refractivity contribution in [3.8, 4) is 6.07 Å². The number of aryl methyl sites for hydroxylation is 1. The number of ether oxygens (including phenoxy) is 1. The fraction of sp³-hybridized carbons (Fsp3) is 0.333. The van der Waals surface area contributed by atoms with E-state index in [1.807, 2.05) is 6.07 Å². The number of carbonyl (C=O) groups is 1. The number of esters is 1. The summed E-state index contributed by atoms with van der Waals surface area (Å²) < 4.78 is 4.80. The normalized spacial score (nSPS) is 11.8. The van der Waals surface area contributed by atoms with Crippen LogP contribution in [0, 0.1) is 18.3 Å². The number of H-pyrrole nitrogens is 1. The van der Waals surface area contributed by atoms with Crippen molar-refractivity contribution in [2.24, 2.45) is 0 Å². The van der Waals surface area contributed by atoms with Gasteiger partial charge < -0.3 is 9.72 Å². The number of hydrogen-bond donors (Lipinski definition) is 1. The predicted octanol–water partition coefficient (Wildman–Crippen LogP) is 1.39. The summed E-state index contributed by atoms with van der Waals surface area (Å²) in [6, 6.07) is 1.82. The van der Waals surface area contributed by atoms with Gasteiger partial charge in [0.25, 0.3) is 0 Å². The molecule has 1 aromatic heterocycles. The highest BCUT2D eigenvalue weighted by Crippen LogP contribution is 2.08. The summed E-state index contributed by atoms with van der Waals surface area (Å²) in [5, 5.41) is 8.42. The molecular formula is C9H10N2O2. The van der Waals surface area contributed by atoms with E-state index < -0.39 is 12.1 Å². The molecule has 0 aliphatic heterocycles. The molecule has 1 atom stereocenters. The van der Waals surface area contributed by atoms with Gasteiger partial charge in [-0.3, -0.25) is 0 Å². The number of hydrogen-bond acceptors (Lipinski definition) is 3. The summed E-state index contributed by atoms with van der Waals surface area (Å²) in [7, 11) is 0. The quantitative estimate of drug-likeness (QED) is 0.696. The molecule has 0 bridgehead atoms. The van der Waals surface area contributed by atoms with Crippen LogP contribution in [-0.4, -0.2) is 17.1 Å². The van der Waals surface area contributed by atoms with Gasteiger partial charge in [-0.15, -0.1) is 0 Å². The van der Waals surface area contributed by atoms with Crippen LogP contribution in [0.1, 0.15) is 22.8 Å². The molecule has 0 saturated carbocycles. The zero-order valence-corrected chi connectivity index (χ0v) is 7.50. The zero-order chi connectivity index (χ0) is 9.84. The van der Waals surface area contributed by atoms with Crippen LogP contribution in [0.25, 0.3) is 0 Å². The summed E-state index contributed by atoms with van der Waals surface area (Å²) in [6.07, 6.45) is 2.55. The minimum atomic E-state index is -0.707. The summed E-state index contributed by atoms with van der Waals surface area (Å²) in [5.74, 6) is -0.465. The molecule has 68 valence electrons. The average Bonchev–Trinajstić information content (AvgIpc) is 2.51. The van der Waals surface area contributed by atoms with Crippen LogP contribution < -0.4 is 0 Å². The maximum absolute atomic E-state index is 11.3. The van der Waals surface area contributed by atoms with Crippen LogP contribution in [0.5, 0.6) is 0 Å². The van der Waals surface area contributed by atoms with E-state index >= 15 is 0 Å². The Hall–Kier alpha value is -1.76. The first-order valence-electron chi connectivity index (χ1n) is 3.89. The van der Waals surface area contributed by atoms with E-state index in [0.717, 1.165) is 5.56 Å². The second kappa shape index (κ2) is 3.76. The van der Waals surface area contributed by atoms with Gasteiger partial charge in [0.2, 0.25) is 0 Å². The molecule has 4 nitrogen and oxygen atoms in total. The molecule has 0 aliphatic rings. The van der Waals surface area contributed by atoms with Crippen molar-refractivity contribution >= 4 is 5.97 Å². The van der Waals surface area contributed by atoms with E-state index in [4.69, 9.17) is 10.00 Å². The smallest absolute Gasteiger partial charge is 0.341 e. The molecular weight excluding hydrogens is 168 g/mol. The predicted molar refractivity (Wildman–Crippen MR) is 46.0 cm³/mol. The van der Waals surface area contributed by atoms with E-state index in [2.05, 4.69) is 4.98 Å². The minimum Gasteiger partial charge on any atom is -0.444 e. The molecule has 1 rings (SSSR count). The van der Waals surface area contributed by atoms with Crippen LogP contribution in [0.4, 0.5) is 0 Å². The molecule has 1 unspecified atom stereocenters. The number of aromatic nitrogens is 1. The Bertz CT molecular complexity index is 349. The maximum Gasteiger partial charge on any atom is 0.341 e. The third-order valence-corrected chi connectivity index (χ3v) is 1.64. The molecule has 0 fully saturated rings. The average molecular weight is 178 g/mol. The summed E-state index contributed by atoms with van der Waals surface area (Å²) >= 11 is 0. The van der Waals surface area contributed by atoms with Crippen molar-refractivity contribution < 1.29 is 9.53 Å². The van der Waals surface area contributed by atoms with Gasteiger partial charge >= 0.3 is 5.97 Å². The second-order valence-electron chi connectivity index (χ2n) is 2.73. The van der Waals surface area contributed by atoms with E-state index in [1.165, 1.54) is 6.92 Å². The first-order chi connectivity index (χ1) is 6.15. The minimum absolute atomic E-state index is 0.465. The fourth-order valence-corrected chi connectivity index (χ4v) is 0.912. The first-order valence-corrected chi connectivity index (χ1v) is 3.89. The lowest BCUT2D eigenvalue weighted by atomic mass is 10.2. The fourth-order valence-electron chi connectivity index (χ4n) is 0.912. The molecule has 0 aromatic carbocycles. The standard InChI is InChI=1S/C9H10N2O2/c1-6-4-11-5-8(6)9(12)13-7(2)3-10/h4-5,7,11H,1-2H3. The molecule has 0 saturated heterocycles. The van der Waals surface area contributed by atoms with Gasteiger partial charge in [-0.2, -0.15) is 5.26 Å². The van der Waals surface area contributed by atoms with E-state index in [9.17, 15) is 4.79 Å². The number of nitrogens with one attached hydrogen (secondary N) is 1. The first kappa shape index (κ1) is 9.33. The zero-order valence-electron chi connectivity index (χ0n) is 7.50. The van der Waals surface area contributed by atoms with Gasteiger partial charge in [-0.1, -0.05) is 0 Å². The van der Waals surface area contributed by atoms with Crippen molar-refractivity contribution in [2.45, 2.75) is 20.0 Å². The van der Waals surface area contributed by atoms with Crippen LogP contribution in [0.3, 0.4) is 0 Å². The van der Waals surface area contributed by atoms with Crippen molar-refractivity contribution in [3.05, 3.63) is 23.5 Å². The SMILES string of the molecule is Cc1c[nH]cc1C(=O)OC(C)C#N. The molecule has 4 heteroatoms. The van der Waals surface area contributed by atoms with E-state index in [1.54, 1.807) is 19.3 Å². The Labute approximate surface area is 76.1 Å². The molecule has 13 heavy (non-hydrogen) atoms. The number of rotatable bonds is 2. The number of nitrogens with zero attached hydrogens (tertiary/aromatic N) is 1. The Morgan fingerprint density at radius 2 is 2.38 bits per heavy atom. The van der Waals surface area contributed by atoms with Gasteiger partial charge in [-0.25, -0.2) is 4.79 Å². The molecule has 1 heterocycles. The van der Waals surface area contributed by atoms with Crippen molar-refractivity contribution in [2.75, 3.05) is 0 Å². The van der Waals surface area contributed by atoms with Gasteiger partial charge in [-0.05, 0) is 19.4 Å². The largest absolute Gasteiger partial charge is 0.444 e. The summed E-state index contributed by atoms with van der Waals surface area (Å²) in [6.45, 7) is 3.32. The monoisotopic (exact) mass is 178 g/mol. The molecule has 0 spiro atoms. The Morgan fingerprint density at radius 3 is 2.85 bits per heavy atom. The van der Waals surface area contributed by atoms with Gasteiger partial charge in [0.1, 0.15) is 6.07 Å². The highest BCUT2D eigenvalue weighted by molar-refractivity contribution is 5.90. The highest BCUT2D eigenvalue weighted by Gasteiger charge is 2.13. The van der Waals surface area contributed by atoms with Crippen LogP contribution in [0.2, 0.25) is 0 Å². The van der Waals surface area contributed by atoms with Crippen molar-refractivity contribution in [1.29, 1.82) is 5.26 Å². The van der Waals surface area contributed by atoms with Crippen molar-refractivity contribution in [1.82, 2.24) is 4.98 Å². The second-order valence-corrected chi connectivity index (χ2v) is 2.73. The van der Waals surface area contributed by atoms with Crippen LogP contribution in [0.15, 0.2) is 12.4 Å². The van der Waals surface area contributed by atoms with Crippen LogP contribution >= 0.6 is 0 Å². The Balaban J connectivity index is 2.71. The third-order valence-electron chi connectivity index (χ3n) is 1.64. The number of nitriles is 1. The molecule has 1 aromatic rings. The van der Waals surface area contributed by atoms with Gasteiger partial charge in [0, 0.05) is 12.4 Å². The van der Waals surface area contributed by atoms with E-state index in [-0.39, 0.29) is 0 Å². The Kier molecular flexibility index (Phi) is 2.70. The molecule has 1 N–H and O–H groups in total. The maximum atomic E-state index is 11.3. The lowest BCUT2D eigenvalue weighted by Crippen LogP contribution is -2.13. The van der Waals surface area contributed by atoms with E-state index in [0.29, 0.717) is 5.56 Å². The summed E-state index contributed by atoms with van der Waals surface area (Å²) in [4.78, 5) is 14.1. The Morgan fingerprint density at radius 1 is 1.69 bits per heavy atom. The number of carbonyl (C=O) groups excluding carboxylic acids is 1. The van der Waals surface area contributed by atoms with Gasteiger partial charge in [0.05, 0.1) is 5.56 Å². The lowest BCUT2D eigenvalue weighted by Gasteiger charge is -2.04. The lowest BCUT2D eigenvalue weighted by molar-refractivity contribution is 0.0435. The topological polar surface area (TPSA) is 65.9 Å². The highest BCUT2D eigenvalue weighted by atomic mass is 16.5. The number of aromatic amines is 1. The van der Waals surface area contributed by atoms with Crippen molar-refractivity contribution in [3.63, 3.8) is 0 Å².